The summed E-state index contributed by atoms with van der Waals surface area (Å²) in [4.78, 5) is 37.5. The smallest absolute Gasteiger partial charge is 0.323 e. The Labute approximate surface area is 175 Å². The minimum absolute atomic E-state index is 0.0663. The monoisotopic (exact) mass is 431 g/mol. The third kappa shape index (κ3) is 4.27. The van der Waals surface area contributed by atoms with Crippen LogP contribution in [0.3, 0.4) is 0 Å². The van der Waals surface area contributed by atoms with Crippen LogP contribution in [0.5, 0.6) is 5.75 Å². The van der Waals surface area contributed by atoms with Crippen LogP contribution in [0.1, 0.15) is 17.0 Å². The van der Waals surface area contributed by atoms with Gasteiger partial charge in [0, 0.05) is 30.6 Å². The van der Waals surface area contributed by atoms with Crippen LogP contribution in [0, 0.1) is 11.6 Å². The van der Waals surface area contributed by atoms with Crippen LogP contribution in [0.2, 0.25) is 0 Å². The van der Waals surface area contributed by atoms with Gasteiger partial charge >= 0.3 is 12.0 Å². The number of nitrogens with zero attached hydrogens (tertiary/aromatic N) is 1. The number of carbonyl (C=O) groups is 3. The summed E-state index contributed by atoms with van der Waals surface area (Å²) in [5.41, 5.74) is 1.29. The molecule has 0 bridgehead atoms. The molecule has 2 atom stereocenters. The van der Waals surface area contributed by atoms with Gasteiger partial charge in [-0.3, -0.25) is 9.59 Å². The average molecular weight is 431 g/mol. The second kappa shape index (κ2) is 8.21. The van der Waals surface area contributed by atoms with Gasteiger partial charge in [0.2, 0.25) is 5.91 Å². The van der Waals surface area contributed by atoms with Crippen molar-refractivity contribution in [2.75, 3.05) is 25.0 Å². The van der Waals surface area contributed by atoms with Crippen molar-refractivity contribution < 1.29 is 33.0 Å². The summed E-state index contributed by atoms with van der Waals surface area (Å²) < 4.78 is 33.2. The second-order valence-corrected chi connectivity index (χ2v) is 7.38. The Hall–Kier alpha value is -3.69. The van der Waals surface area contributed by atoms with E-state index in [0.717, 1.165) is 22.6 Å². The third-order valence-corrected chi connectivity index (χ3v) is 5.32. The van der Waals surface area contributed by atoms with Gasteiger partial charge in [0.05, 0.1) is 6.61 Å². The quantitative estimate of drug-likeness (QED) is 0.672. The molecular formula is C21H19F2N3O5. The number of rotatable bonds is 5. The first-order valence-electron chi connectivity index (χ1n) is 9.60. The van der Waals surface area contributed by atoms with E-state index < -0.39 is 48.0 Å². The molecule has 162 valence electrons. The molecule has 31 heavy (non-hydrogen) atoms. The van der Waals surface area contributed by atoms with Crippen LogP contribution in [0.25, 0.3) is 0 Å². The fourth-order valence-corrected chi connectivity index (χ4v) is 3.89. The number of hydrogen-bond acceptors (Lipinski definition) is 4. The molecule has 0 unspecified atom stereocenters. The topological polar surface area (TPSA) is 108 Å². The van der Waals surface area contributed by atoms with Gasteiger partial charge in [0.25, 0.3) is 0 Å². The van der Waals surface area contributed by atoms with Gasteiger partial charge in [-0.05, 0) is 41.5 Å². The summed E-state index contributed by atoms with van der Waals surface area (Å²) in [5, 5.41) is 14.1. The molecule has 2 aliphatic rings. The summed E-state index contributed by atoms with van der Waals surface area (Å²) in [6, 6.07) is 5.95. The Kier molecular flexibility index (Phi) is 5.45. The Balaban J connectivity index is 1.59. The van der Waals surface area contributed by atoms with Crippen molar-refractivity contribution in [2.45, 2.75) is 18.4 Å². The maximum atomic E-state index is 14.8. The van der Waals surface area contributed by atoms with E-state index in [0.29, 0.717) is 24.5 Å². The van der Waals surface area contributed by atoms with Crippen molar-refractivity contribution in [2.24, 2.45) is 0 Å². The van der Waals surface area contributed by atoms with Crippen LogP contribution in [0.4, 0.5) is 19.3 Å². The molecule has 0 aromatic heterocycles. The van der Waals surface area contributed by atoms with Crippen molar-refractivity contribution in [1.82, 2.24) is 10.2 Å². The number of likely N-dealkylation sites (tertiary alicyclic amines) is 1. The number of carboxylic acids is 1. The van der Waals surface area contributed by atoms with E-state index in [2.05, 4.69) is 10.6 Å². The van der Waals surface area contributed by atoms with Gasteiger partial charge in [-0.15, -0.1) is 0 Å². The number of benzene rings is 2. The molecule has 1 fully saturated rings. The molecule has 2 heterocycles. The van der Waals surface area contributed by atoms with E-state index >= 15 is 0 Å². The molecule has 8 nitrogen and oxygen atoms in total. The number of carboxylic acid groups (broad SMARTS) is 1. The molecule has 1 saturated heterocycles. The van der Waals surface area contributed by atoms with E-state index in [-0.39, 0.29) is 12.1 Å². The van der Waals surface area contributed by atoms with Crippen LogP contribution in [0.15, 0.2) is 36.4 Å². The first kappa shape index (κ1) is 20.6. The summed E-state index contributed by atoms with van der Waals surface area (Å²) in [6.45, 7) is -0.208. The molecule has 0 saturated carbocycles. The zero-order valence-corrected chi connectivity index (χ0v) is 16.2. The fraction of sp³-hybridized carbons (Fsp3) is 0.286. The van der Waals surface area contributed by atoms with E-state index in [1.807, 2.05) is 0 Å². The number of urea groups is 1. The highest BCUT2D eigenvalue weighted by atomic mass is 19.1. The van der Waals surface area contributed by atoms with Crippen LogP contribution in [-0.4, -0.2) is 53.7 Å². The number of hydrogen-bond donors (Lipinski definition) is 3. The molecule has 3 amide bonds. The summed E-state index contributed by atoms with van der Waals surface area (Å²) in [5.74, 6) is -3.27. The zero-order valence-electron chi connectivity index (χ0n) is 16.2. The average Bonchev–Trinajstić information content (AvgIpc) is 3.28. The van der Waals surface area contributed by atoms with Crippen molar-refractivity contribution >= 4 is 23.6 Å². The van der Waals surface area contributed by atoms with Crippen molar-refractivity contribution in [1.29, 1.82) is 0 Å². The summed E-state index contributed by atoms with van der Waals surface area (Å²) >= 11 is 0. The highest BCUT2D eigenvalue weighted by Gasteiger charge is 2.44. The van der Waals surface area contributed by atoms with Gasteiger partial charge in [-0.25, -0.2) is 13.6 Å². The Morgan fingerprint density at radius 3 is 2.65 bits per heavy atom. The molecule has 0 spiro atoms. The van der Waals surface area contributed by atoms with Gasteiger partial charge in [0.1, 0.15) is 30.0 Å². The maximum Gasteiger partial charge on any atom is 0.323 e. The van der Waals surface area contributed by atoms with E-state index in [9.17, 15) is 23.2 Å². The maximum absolute atomic E-state index is 14.8. The van der Waals surface area contributed by atoms with Gasteiger partial charge in [-0.2, -0.15) is 0 Å². The van der Waals surface area contributed by atoms with Crippen LogP contribution in [-0.2, 0) is 16.0 Å². The first-order chi connectivity index (χ1) is 14.8. The minimum Gasteiger partial charge on any atom is -0.493 e. The van der Waals surface area contributed by atoms with Crippen molar-refractivity contribution in [3.8, 4) is 5.75 Å². The summed E-state index contributed by atoms with van der Waals surface area (Å²) in [7, 11) is 0. The van der Waals surface area contributed by atoms with Gasteiger partial charge < -0.3 is 25.4 Å². The predicted octanol–water partition coefficient (Wildman–Crippen LogP) is 2.10. The molecule has 0 radical (unpaired) electrons. The van der Waals surface area contributed by atoms with Crippen LogP contribution < -0.4 is 15.4 Å². The first-order valence-corrected chi connectivity index (χ1v) is 9.60. The molecular weight excluding hydrogens is 412 g/mol. The highest BCUT2D eigenvalue weighted by Crippen LogP contribution is 2.36. The fourth-order valence-electron chi connectivity index (χ4n) is 3.89. The molecule has 0 aliphatic carbocycles. The largest absolute Gasteiger partial charge is 0.493 e. The minimum atomic E-state index is -1.22. The molecule has 2 aromatic carbocycles. The number of fused-ring (bicyclic) bond motifs is 1. The normalized spacial score (nSPS) is 19.7. The number of nitrogens with one attached hydrogen (secondary N) is 2. The Bertz CT molecular complexity index is 1040. The highest BCUT2D eigenvalue weighted by molar-refractivity contribution is 5.96. The predicted molar refractivity (Wildman–Crippen MR) is 105 cm³/mol. The number of amides is 3. The molecule has 10 heteroatoms. The van der Waals surface area contributed by atoms with Crippen molar-refractivity contribution in [3.63, 3.8) is 0 Å². The number of halogens is 2. The zero-order chi connectivity index (χ0) is 22.1. The van der Waals surface area contributed by atoms with Crippen molar-refractivity contribution in [3.05, 3.63) is 59.2 Å². The Morgan fingerprint density at radius 2 is 1.94 bits per heavy atom. The molecule has 2 aliphatic heterocycles. The van der Waals surface area contributed by atoms with Crippen LogP contribution >= 0.6 is 0 Å². The Morgan fingerprint density at radius 1 is 1.19 bits per heavy atom. The second-order valence-electron chi connectivity index (χ2n) is 7.38. The number of aliphatic carboxylic acids is 1. The third-order valence-electron chi connectivity index (χ3n) is 5.32. The molecule has 2 aromatic rings. The number of anilines is 1. The van der Waals surface area contributed by atoms with E-state index in [1.165, 1.54) is 18.2 Å². The lowest BCUT2D eigenvalue weighted by atomic mass is 9.91. The lowest BCUT2D eigenvalue weighted by Gasteiger charge is -2.20. The lowest BCUT2D eigenvalue weighted by Crippen LogP contribution is -2.46. The van der Waals surface area contributed by atoms with Gasteiger partial charge in [-0.1, -0.05) is 0 Å². The molecule has 4 rings (SSSR count). The molecule has 3 N–H and O–H groups in total. The van der Waals surface area contributed by atoms with Gasteiger partial charge in [0.15, 0.2) is 0 Å². The summed E-state index contributed by atoms with van der Waals surface area (Å²) in [6.07, 6.45) is 0.589. The van der Waals surface area contributed by atoms with E-state index in [1.54, 1.807) is 6.07 Å². The number of ether oxygens (including phenoxy) is 1. The SMILES string of the molecule is O=C(O)CN1C[C@@H](c2cc3c(cc2F)OCC3)[C@H](NC(=O)Nc2ccc(F)cc2)C1=O. The number of carbonyl (C=O) groups excluding carboxylic acids is 2. The lowest BCUT2D eigenvalue weighted by molar-refractivity contribution is -0.143. The standard InChI is InChI=1S/C21H19F2N3O5/c22-12-1-3-13(4-2-12)24-21(30)25-19-15(9-26(20(19)29)10-18(27)28)14-7-11-5-6-31-17(11)8-16(14)23/h1-4,7-8,15,19H,5-6,9-10H2,(H,27,28)(H2,24,25,30)/t15-,19-/m0/s1. The van der Waals surface area contributed by atoms with E-state index in [4.69, 9.17) is 9.84 Å².